The third kappa shape index (κ3) is 9.97. The van der Waals surface area contributed by atoms with Crippen molar-refractivity contribution in [3.63, 3.8) is 0 Å². The number of thiophene rings is 2. The first-order valence-electron chi connectivity index (χ1n) is 15.4. The van der Waals surface area contributed by atoms with Gasteiger partial charge in [-0.15, -0.1) is 22.7 Å². The van der Waals surface area contributed by atoms with E-state index in [9.17, 15) is 0 Å². The Kier molecular flexibility index (Phi) is 14.6. The molecule has 0 aliphatic rings. The van der Waals surface area contributed by atoms with Crippen LogP contribution in [-0.4, -0.2) is 9.97 Å². The number of rotatable bonds is 20. The summed E-state index contributed by atoms with van der Waals surface area (Å²) in [6.07, 6.45) is 24.0. The molecule has 0 radical (unpaired) electrons. The van der Waals surface area contributed by atoms with Crippen LogP contribution in [0.3, 0.4) is 0 Å². The Morgan fingerprint density at radius 3 is 1.23 bits per heavy atom. The molecule has 2 nitrogen and oxygen atoms in total. The molecule has 0 aromatic carbocycles. The molecule has 4 aromatic rings. The van der Waals surface area contributed by atoms with Crippen molar-refractivity contribution in [2.45, 2.75) is 129 Å². The number of fused-ring (bicyclic) bond motifs is 1. The Balaban J connectivity index is 1.33. The van der Waals surface area contributed by atoms with E-state index in [0.29, 0.717) is 0 Å². The predicted molar refractivity (Wildman–Crippen MR) is 190 cm³/mol. The van der Waals surface area contributed by atoms with Gasteiger partial charge in [0.05, 0.1) is 17.3 Å². The molecule has 0 aliphatic heterocycles. The fourth-order valence-corrected chi connectivity index (χ4v) is 10.9. The average Bonchev–Trinajstić information content (AvgIpc) is 3.69. The molecule has 0 spiro atoms. The number of hydrogen-bond acceptors (Lipinski definition) is 6. The summed E-state index contributed by atoms with van der Waals surface area (Å²) in [5.74, 6) is 0. The molecule has 0 atom stereocenters. The fraction of sp³-hybridized carbons (Fsp3) is 0.625. The van der Waals surface area contributed by atoms with E-state index >= 15 is 0 Å². The van der Waals surface area contributed by atoms with Gasteiger partial charge in [0.15, 0.2) is 9.66 Å². The molecule has 0 saturated carbocycles. The van der Waals surface area contributed by atoms with Gasteiger partial charge in [-0.1, -0.05) is 126 Å². The molecule has 0 unspecified atom stereocenters. The van der Waals surface area contributed by atoms with Crippen molar-refractivity contribution in [3.8, 4) is 19.8 Å². The van der Waals surface area contributed by atoms with Gasteiger partial charge in [0, 0.05) is 0 Å². The summed E-state index contributed by atoms with van der Waals surface area (Å²) in [5, 5.41) is 2.27. The lowest BCUT2D eigenvalue weighted by Crippen LogP contribution is -1.87. The number of hydrogen-bond donors (Lipinski definition) is 0. The van der Waals surface area contributed by atoms with Crippen LogP contribution < -0.4 is 0 Å². The maximum atomic E-state index is 5.10. The lowest BCUT2D eigenvalue weighted by Gasteiger charge is -2.03. The quantitative estimate of drug-likeness (QED) is 0.0842. The minimum absolute atomic E-state index is 1.08. The molecular weight excluding hydrogens is 700 g/mol. The third-order valence-electron chi connectivity index (χ3n) is 7.52. The minimum atomic E-state index is 1.08. The normalized spacial score (nSPS) is 11.8. The van der Waals surface area contributed by atoms with Crippen LogP contribution in [0, 0.1) is 0 Å². The summed E-state index contributed by atoms with van der Waals surface area (Å²) in [5.41, 5.74) is 2.89. The van der Waals surface area contributed by atoms with Gasteiger partial charge in [-0.2, -0.15) is 0 Å². The molecule has 4 rings (SSSR count). The highest BCUT2D eigenvalue weighted by atomic mass is 79.9. The molecule has 0 saturated heterocycles. The zero-order chi connectivity index (χ0) is 28.2. The predicted octanol–water partition coefficient (Wildman–Crippen LogP) is 14.1. The smallest absolute Gasteiger partial charge is 0.155 e. The number of aryl methyl sites for hydroxylation is 2. The Morgan fingerprint density at radius 1 is 0.500 bits per heavy atom. The van der Waals surface area contributed by atoms with Gasteiger partial charge in [0.25, 0.3) is 0 Å². The maximum absolute atomic E-state index is 5.10. The van der Waals surface area contributed by atoms with E-state index in [4.69, 9.17) is 9.97 Å². The molecule has 220 valence electrons. The van der Waals surface area contributed by atoms with E-state index in [2.05, 4.69) is 57.8 Å². The molecule has 0 bridgehead atoms. The van der Waals surface area contributed by atoms with Crippen LogP contribution in [0.2, 0.25) is 0 Å². The van der Waals surface area contributed by atoms with E-state index in [-0.39, 0.29) is 0 Å². The molecule has 0 N–H and O–H groups in total. The molecule has 0 aliphatic carbocycles. The van der Waals surface area contributed by atoms with Crippen molar-refractivity contribution < 1.29 is 0 Å². The lowest BCUT2D eigenvalue weighted by molar-refractivity contribution is 0.576. The average molecular weight is 745 g/mol. The zero-order valence-electron chi connectivity index (χ0n) is 24.2. The maximum Gasteiger partial charge on any atom is 0.155 e. The van der Waals surface area contributed by atoms with Gasteiger partial charge in [-0.3, -0.25) is 0 Å². The first-order valence-corrected chi connectivity index (χ1v) is 20.3. The summed E-state index contributed by atoms with van der Waals surface area (Å²) < 4.78 is 2.41. The summed E-state index contributed by atoms with van der Waals surface area (Å²) in [6.45, 7) is 4.57. The monoisotopic (exact) mass is 742 g/mol. The molecule has 40 heavy (non-hydrogen) atoms. The summed E-state index contributed by atoms with van der Waals surface area (Å²) >= 11 is 14.7. The van der Waals surface area contributed by atoms with Crippen LogP contribution >= 0.6 is 77.2 Å². The number of nitrogens with zero attached hydrogens (tertiary/aromatic N) is 2. The second kappa shape index (κ2) is 17.9. The van der Waals surface area contributed by atoms with Crippen molar-refractivity contribution in [3.05, 3.63) is 30.8 Å². The molecule has 8 heteroatoms. The third-order valence-corrected chi connectivity index (χ3v) is 13.2. The first-order chi connectivity index (χ1) is 19.6. The van der Waals surface area contributed by atoms with Crippen molar-refractivity contribution >= 4 is 86.9 Å². The number of thiazole rings is 2. The van der Waals surface area contributed by atoms with Crippen molar-refractivity contribution in [2.75, 3.05) is 0 Å². The SMILES string of the molecule is CCCCCCCCCCc1cc(Br)sc1-c1nc2sc(-c3sc(Br)cc3CCCCCCCCCC)nc2s1. The highest BCUT2D eigenvalue weighted by Gasteiger charge is 2.20. The largest absolute Gasteiger partial charge is 0.222 e. The molecule has 0 amide bonds. The molecular formula is C32H44Br2N2S4. The Bertz CT molecular complexity index is 1160. The van der Waals surface area contributed by atoms with Crippen LogP contribution in [0.15, 0.2) is 19.7 Å². The number of aromatic nitrogens is 2. The van der Waals surface area contributed by atoms with E-state index < -0.39 is 0 Å². The van der Waals surface area contributed by atoms with E-state index in [0.717, 1.165) is 32.5 Å². The Labute approximate surface area is 274 Å². The van der Waals surface area contributed by atoms with Crippen LogP contribution in [0.4, 0.5) is 0 Å². The summed E-state index contributed by atoms with van der Waals surface area (Å²) in [7, 11) is 0. The topological polar surface area (TPSA) is 25.8 Å². The van der Waals surface area contributed by atoms with Crippen LogP contribution in [0.25, 0.3) is 29.4 Å². The Morgan fingerprint density at radius 2 is 0.850 bits per heavy atom. The Hall–Kier alpha value is -0.120. The number of halogens is 2. The van der Waals surface area contributed by atoms with Crippen LogP contribution in [0.5, 0.6) is 0 Å². The first kappa shape index (κ1) is 32.8. The second-order valence-electron chi connectivity index (χ2n) is 10.9. The zero-order valence-corrected chi connectivity index (χ0v) is 30.6. The lowest BCUT2D eigenvalue weighted by atomic mass is 10.0. The van der Waals surface area contributed by atoms with Crippen molar-refractivity contribution in [2.24, 2.45) is 0 Å². The van der Waals surface area contributed by atoms with Gasteiger partial charge < -0.3 is 0 Å². The van der Waals surface area contributed by atoms with Gasteiger partial charge in [0.1, 0.15) is 10.0 Å². The summed E-state index contributed by atoms with van der Waals surface area (Å²) in [6, 6.07) is 4.63. The van der Waals surface area contributed by atoms with Gasteiger partial charge in [-0.05, 0) is 80.8 Å². The van der Waals surface area contributed by atoms with Gasteiger partial charge in [0.2, 0.25) is 0 Å². The van der Waals surface area contributed by atoms with Gasteiger partial charge >= 0.3 is 0 Å². The van der Waals surface area contributed by atoms with Crippen molar-refractivity contribution in [1.82, 2.24) is 9.97 Å². The van der Waals surface area contributed by atoms with E-state index in [1.807, 2.05) is 22.7 Å². The van der Waals surface area contributed by atoms with Crippen LogP contribution in [0.1, 0.15) is 128 Å². The van der Waals surface area contributed by atoms with E-state index in [1.54, 1.807) is 22.7 Å². The highest BCUT2D eigenvalue weighted by Crippen LogP contribution is 2.44. The molecule has 4 aromatic heterocycles. The highest BCUT2D eigenvalue weighted by molar-refractivity contribution is 9.11. The fourth-order valence-electron chi connectivity index (χ4n) is 5.26. The standard InChI is InChI=1S/C32H44Br2N2S4/c1-3-5-7-9-11-13-15-17-19-23-21-25(33)37-27(23)29-35-31-32(39-29)36-30(40-31)28-24(22-26(34)38-28)20-18-16-14-12-10-8-6-4-2/h21-22H,3-20H2,1-2H3. The molecule has 0 fully saturated rings. The number of unbranched alkanes of at least 4 members (excludes halogenated alkanes) is 14. The van der Waals surface area contributed by atoms with Crippen LogP contribution in [-0.2, 0) is 12.8 Å². The van der Waals surface area contributed by atoms with Crippen molar-refractivity contribution in [1.29, 1.82) is 0 Å². The minimum Gasteiger partial charge on any atom is -0.222 e. The molecule has 4 heterocycles. The van der Waals surface area contributed by atoms with Gasteiger partial charge in [-0.25, -0.2) is 9.97 Å². The second-order valence-corrected chi connectivity index (χ2v) is 17.7. The van der Waals surface area contributed by atoms with E-state index in [1.165, 1.54) is 131 Å². The summed E-state index contributed by atoms with van der Waals surface area (Å²) in [4.78, 5) is 15.0.